The molecule has 1 saturated heterocycles. The van der Waals surface area contributed by atoms with E-state index in [-0.39, 0.29) is 18.0 Å². The minimum atomic E-state index is -0.441. The maximum atomic E-state index is 14.6. The second-order valence-electron chi connectivity index (χ2n) is 8.28. The van der Waals surface area contributed by atoms with E-state index in [1.165, 1.54) is 6.20 Å². The summed E-state index contributed by atoms with van der Waals surface area (Å²) in [6, 6.07) is 0.518. The van der Waals surface area contributed by atoms with Gasteiger partial charge in [-0.1, -0.05) is 11.6 Å². The highest BCUT2D eigenvalue weighted by molar-refractivity contribution is 6.31. The predicted octanol–water partition coefficient (Wildman–Crippen LogP) is 2.06. The molecule has 10 heteroatoms. The molecule has 3 aliphatic heterocycles. The summed E-state index contributed by atoms with van der Waals surface area (Å²) in [6.07, 6.45) is 10.7. The molecule has 2 fully saturated rings. The molecule has 166 valence electrons. The van der Waals surface area contributed by atoms with Crippen molar-refractivity contribution in [3.8, 4) is 0 Å². The Morgan fingerprint density at radius 3 is 2.84 bits per heavy atom. The second-order valence-corrected chi connectivity index (χ2v) is 8.71. The molecule has 4 aliphatic rings. The van der Waals surface area contributed by atoms with E-state index in [2.05, 4.69) is 36.4 Å². The first kappa shape index (κ1) is 20.7. The maximum absolute atomic E-state index is 14.6. The molecule has 1 unspecified atom stereocenters. The summed E-state index contributed by atoms with van der Waals surface area (Å²) in [5, 5.41) is 12.6. The Hall–Kier alpha value is -2.20. The lowest BCUT2D eigenvalue weighted by atomic mass is 9.91. The van der Waals surface area contributed by atoms with E-state index in [4.69, 9.17) is 16.3 Å². The number of ether oxygens (including phenoxy) is 1. The van der Waals surface area contributed by atoms with Crippen LogP contribution in [0.15, 0.2) is 35.3 Å². The van der Waals surface area contributed by atoms with Crippen LogP contribution in [0.3, 0.4) is 0 Å². The highest BCUT2D eigenvalue weighted by Crippen LogP contribution is 2.31. The molecule has 4 heterocycles. The van der Waals surface area contributed by atoms with Gasteiger partial charge in [-0.25, -0.2) is 19.4 Å². The van der Waals surface area contributed by atoms with Gasteiger partial charge in [0.2, 0.25) is 0 Å². The molecule has 5 rings (SSSR count). The van der Waals surface area contributed by atoms with E-state index in [0.29, 0.717) is 16.9 Å². The van der Waals surface area contributed by atoms with Gasteiger partial charge < -0.3 is 20.7 Å². The Morgan fingerprint density at radius 2 is 1.97 bits per heavy atom. The Kier molecular flexibility index (Phi) is 6.08. The van der Waals surface area contributed by atoms with Crippen molar-refractivity contribution < 1.29 is 9.13 Å². The van der Waals surface area contributed by atoms with E-state index < -0.39 is 5.82 Å². The number of anilines is 1. The third-order valence-corrected chi connectivity index (χ3v) is 6.29. The van der Waals surface area contributed by atoms with Crippen LogP contribution in [-0.2, 0) is 4.74 Å². The summed E-state index contributed by atoms with van der Waals surface area (Å²) in [7, 11) is 0. The number of aromatic nitrogens is 2. The van der Waals surface area contributed by atoms with Crippen molar-refractivity contribution in [2.24, 2.45) is 0 Å². The number of nitrogens with one attached hydrogen (secondary N) is 4. The molecule has 1 aliphatic carbocycles. The van der Waals surface area contributed by atoms with Gasteiger partial charge in [0.05, 0.1) is 24.4 Å². The van der Waals surface area contributed by atoms with Crippen molar-refractivity contribution in [2.75, 3.05) is 31.6 Å². The fourth-order valence-electron chi connectivity index (χ4n) is 4.52. The van der Waals surface area contributed by atoms with Gasteiger partial charge in [-0.3, -0.25) is 5.43 Å². The Bertz CT molecular complexity index is 915. The summed E-state index contributed by atoms with van der Waals surface area (Å²) in [6.45, 7) is 3.31. The van der Waals surface area contributed by atoms with Crippen molar-refractivity contribution in [1.82, 2.24) is 31.0 Å². The highest BCUT2D eigenvalue weighted by atomic mass is 35.5. The van der Waals surface area contributed by atoms with Crippen LogP contribution in [0.25, 0.3) is 5.57 Å². The lowest BCUT2D eigenvalue weighted by Gasteiger charge is -2.36. The molecule has 0 aromatic carbocycles. The molecule has 1 aromatic rings. The maximum Gasteiger partial charge on any atom is 0.183 e. The van der Waals surface area contributed by atoms with Gasteiger partial charge in [0.1, 0.15) is 6.17 Å². The molecule has 1 aromatic heterocycles. The van der Waals surface area contributed by atoms with E-state index in [9.17, 15) is 4.39 Å². The lowest BCUT2D eigenvalue weighted by molar-refractivity contribution is -0.0000285. The highest BCUT2D eigenvalue weighted by Gasteiger charge is 2.29. The first-order valence-electron chi connectivity index (χ1n) is 10.8. The van der Waals surface area contributed by atoms with Gasteiger partial charge in [-0.15, -0.1) is 0 Å². The number of dihydropyridines is 1. The SMILES string of the molecule is Fc1cnc(C2=CNC3NC=C(Cl)C=C23)nc1N[C@H]1CCC[C@@H](NN2CCOCC2)C1. The van der Waals surface area contributed by atoms with Gasteiger partial charge >= 0.3 is 0 Å². The summed E-state index contributed by atoms with van der Waals surface area (Å²) in [5.74, 6) is 0.276. The number of morpholine rings is 1. The van der Waals surface area contributed by atoms with Crippen molar-refractivity contribution >= 4 is 23.0 Å². The first-order chi connectivity index (χ1) is 15.2. The number of fused-ring (bicyclic) bond motifs is 1. The van der Waals surface area contributed by atoms with Crippen molar-refractivity contribution in [2.45, 2.75) is 43.9 Å². The molecular weight excluding hydrogens is 421 g/mol. The topological polar surface area (TPSA) is 86.4 Å². The molecule has 4 N–H and O–H groups in total. The lowest BCUT2D eigenvalue weighted by Crippen LogP contribution is -2.52. The van der Waals surface area contributed by atoms with E-state index in [1.807, 2.05) is 12.3 Å². The van der Waals surface area contributed by atoms with Crippen molar-refractivity contribution in [3.05, 3.63) is 46.9 Å². The third kappa shape index (κ3) is 4.69. The zero-order valence-corrected chi connectivity index (χ0v) is 18.0. The molecule has 0 radical (unpaired) electrons. The van der Waals surface area contributed by atoms with Crippen LogP contribution in [0.1, 0.15) is 31.5 Å². The molecule has 3 atom stereocenters. The number of hydrazine groups is 1. The number of hydrogen-bond donors (Lipinski definition) is 4. The van der Waals surface area contributed by atoms with Crippen LogP contribution in [0.2, 0.25) is 0 Å². The number of hydrogen-bond acceptors (Lipinski definition) is 8. The Balaban J connectivity index is 1.27. The number of allylic oxidation sites excluding steroid dienone is 2. The summed E-state index contributed by atoms with van der Waals surface area (Å²) < 4.78 is 20.0. The molecule has 0 bridgehead atoms. The van der Waals surface area contributed by atoms with Crippen LogP contribution in [0.5, 0.6) is 0 Å². The zero-order valence-electron chi connectivity index (χ0n) is 17.2. The minimum absolute atomic E-state index is 0.0760. The Labute approximate surface area is 185 Å². The molecule has 0 amide bonds. The van der Waals surface area contributed by atoms with Crippen LogP contribution in [0.4, 0.5) is 10.2 Å². The van der Waals surface area contributed by atoms with Crippen molar-refractivity contribution in [1.29, 1.82) is 0 Å². The van der Waals surface area contributed by atoms with Gasteiger partial charge in [-0.2, -0.15) is 0 Å². The third-order valence-electron chi connectivity index (χ3n) is 6.07. The monoisotopic (exact) mass is 447 g/mol. The fourth-order valence-corrected chi connectivity index (χ4v) is 4.70. The number of halogens is 2. The average Bonchev–Trinajstić information content (AvgIpc) is 3.19. The number of nitrogens with zero attached hydrogens (tertiary/aromatic N) is 3. The first-order valence-corrected chi connectivity index (χ1v) is 11.2. The molecule has 31 heavy (non-hydrogen) atoms. The van der Waals surface area contributed by atoms with Gasteiger partial charge in [0.25, 0.3) is 0 Å². The van der Waals surface area contributed by atoms with E-state index in [0.717, 1.165) is 63.1 Å². The largest absolute Gasteiger partial charge is 0.379 e. The predicted molar refractivity (Wildman–Crippen MR) is 117 cm³/mol. The zero-order chi connectivity index (χ0) is 21.2. The second kappa shape index (κ2) is 9.12. The molecule has 0 spiro atoms. The van der Waals surface area contributed by atoms with E-state index in [1.54, 1.807) is 6.20 Å². The summed E-state index contributed by atoms with van der Waals surface area (Å²) in [5.41, 5.74) is 5.37. The quantitative estimate of drug-likeness (QED) is 0.545. The molecule has 8 nitrogen and oxygen atoms in total. The van der Waals surface area contributed by atoms with E-state index >= 15 is 0 Å². The minimum Gasteiger partial charge on any atom is -0.379 e. The summed E-state index contributed by atoms with van der Waals surface area (Å²) in [4.78, 5) is 8.75. The standard InChI is InChI=1S/C21H27ClFN7O/c22-13-8-16-17(11-25-19(16)24-10-13)20-26-12-18(23)21(28-20)27-14-2-1-3-15(9-14)29-30-4-6-31-7-5-30/h8,10-12,14-15,19,24-25,29H,1-7,9H2,(H,26,27,28)/t14-,15+,19?/m0/s1. The summed E-state index contributed by atoms with van der Waals surface area (Å²) >= 11 is 6.14. The van der Waals surface area contributed by atoms with Crippen LogP contribution >= 0.6 is 11.6 Å². The molecule has 1 saturated carbocycles. The van der Waals surface area contributed by atoms with Gasteiger partial charge in [0, 0.05) is 48.7 Å². The van der Waals surface area contributed by atoms with Crippen LogP contribution in [0, 0.1) is 5.82 Å². The Morgan fingerprint density at radius 1 is 1.16 bits per heavy atom. The molecular formula is C21H27ClFN7O. The van der Waals surface area contributed by atoms with Gasteiger partial charge in [-0.05, 0) is 31.8 Å². The smallest absolute Gasteiger partial charge is 0.183 e. The number of rotatable bonds is 5. The normalized spacial score (nSPS) is 28.6. The van der Waals surface area contributed by atoms with Crippen molar-refractivity contribution in [3.63, 3.8) is 0 Å². The van der Waals surface area contributed by atoms with Crippen LogP contribution in [-0.4, -0.2) is 59.5 Å². The fraction of sp³-hybridized carbons (Fsp3) is 0.524. The average molecular weight is 448 g/mol. The van der Waals surface area contributed by atoms with Crippen LogP contribution < -0.4 is 21.4 Å². The van der Waals surface area contributed by atoms with Gasteiger partial charge in [0.15, 0.2) is 17.5 Å².